The average Bonchev–Trinajstić information content (AvgIpc) is 2.48. The molecule has 0 bridgehead atoms. The van der Waals surface area contributed by atoms with Gasteiger partial charge in [0, 0.05) is 6.42 Å². The van der Waals surface area contributed by atoms with Crippen molar-refractivity contribution in [2.75, 3.05) is 7.11 Å². The fourth-order valence-electron chi connectivity index (χ4n) is 2.48. The van der Waals surface area contributed by atoms with E-state index >= 15 is 0 Å². The fraction of sp³-hybridized carbons (Fsp3) is 0.842. The summed E-state index contributed by atoms with van der Waals surface area (Å²) in [6.45, 7) is 4.38. The van der Waals surface area contributed by atoms with Gasteiger partial charge >= 0.3 is 5.97 Å². The molecule has 0 spiro atoms. The third-order valence-corrected chi connectivity index (χ3v) is 3.96. The van der Waals surface area contributed by atoms with E-state index in [0.717, 1.165) is 12.8 Å². The maximum absolute atomic E-state index is 11.1. The van der Waals surface area contributed by atoms with Crippen LogP contribution < -0.4 is 0 Å². The molecule has 0 aliphatic heterocycles. The van der Waals surface area contributed by atoms with Crippen molar-refractivity contribution in [2.45, 2.75) is 90.9 Å². The molecule has 1 atom stereocenters. The van der Waals surface area contributed by atoms with Gasteiger partial charge in [0.05, 0.1) is 7.11 Å². The van der Waals surface area contributed by atoms with Gasteiger partial charge < -0.3 is 4.74 Å². The minimum atomic E-state index is -0.0922. The number of hydrogen-bond acceptors (Lipinski definition) is 2. The van der Waals surface area contributed by atoms with E-state index in [9.17, 15) is 4.79 Å². The number of ether oxygens (including phenoxy) is 1. The van der Waals surface area contributed by atoms with E-state index in [1.165, 1.54) is 64.9 Å². The number of hydrogen-bond donors (Lipinski definition) is 0. The van der Waals surface area contributed by atoms with Crippen molar-refractivity contribution in [3.8, 4) is 0 Å². The minimum absolute atomic E-state index is 0.0922. The van der Waals surface area contributed by atoms with Crippen LogP contribution in [0.15, 0.2) is 12.2 Å². The largest absolute Gasteiger partial charge is 0.469 e. The molecule has 2 nitrogen and oxygen atoms in total. The van der Waals surface area contributed by atoms with Gasteiger partial charge in [-0.25, -0.2) is 0 Å². The topological polar surface area (TPSA) is 26.3 Å². The van der Waals surface area contributed by atoms with Crippen LogP contribution in [-0.4, -0.2) is 13.1 Å². The van der Waals surface area contributed by atoms with Gasteiger partial charge in [-0.3, -0.25) is 4.79 Å². The van der Waals surface area contributed by atoms with Crippen molar-refractivity contribution < 1.29 is 9.53 Å². The molecule has 2 heteroatoms. The summed E-state index contributed by atoms with van der Waals surface area (Å²) in [5, 5.41) is 0. The molecule has 0 aromatic rings. The molecular weight excluding hydrogens is 260 g/mol. The lowest BCUT2D eigenvalue weighted by Crippen LogP contribution is -2.06. The second kappa shape index (κ2) is 15.6. The first kappa shape index (κ1) is 20.2. The Morgan fingerprint density at radius 2 is 1.52 bits per heavy atom. The zero-order valence-electron chi connectivity index (χ0n) is 14.5. The molecule has 0 rings (SSSR count). The molecule has 0 heterocycles. The van der Waals surface area contributed by atoms with E-state index in [0.29, 0.717) is 12.3 Å². The highest BCUT2D eigenvalue weighted by Gasteiger charge is 2.07. The molecule has 0 aliphatic rings. The van der Waals surface area contributed by atoms with Gasteiger partial charge in [-0.1, -0.05) is 70.9 Å². The van der Waals surface area contributed by atoms with Crippen molar-refractivity contribution in [3.63, 3.8) is 0 Å². The minimum Gasteiger partial charge on any atom is -0.469 e. The lowest BCUT2D eigenvalue weighted by Gasteiger charge is -2.07. The van der Waals surface area contributed by atoms with E-state index in [1.54, 1.807) is 0 Å². The Hall–Kier alpha value is -0.790. The van der Waals surface area contributed by atoms with Gasteiger partial charge in [-0.2, -0.15) is 0 Å². The summed E-state index contributed by atoms with van der Waals surface area (Å²) in [7, 11) is 1.46. The van der Waals surface area contributed by atoms with Gasteiger partial charge in [-0.15, -0.1) is 0 Å². The molecule has 0 aliphatic carbocycles. The summed E-state index contributed by atoms with van der Waals surface area (Å²) in [6, 6.07) is 0. The van der Waals surface area contributed by atoms with Crippen molar-refractivity contribution in [3.05, 3.63) is 12.2 Å². The Kier molecular flexibility index (Phi) is 15.0. The van der Waals surface area contributed by atoms with Crippen molar-refractivity contribution in [2.24, 2.45) is 5.92 Å². The average molecular weight is 296 g/mol. The molecule has 0 unspecified atom stereocenters. The summed E-state index contributed by atoms with van der Waals surface area (Å²) >= 11 is 0. The Labute approximate surface area is 132 Å². The second-order valence-corrected chi connectivity index (χ2v) is 6.20. The lowest BCUT2D eigenvalue weighted by atomic mass is 10.0. The monoisotopic (exact) mass is 296 g/mol. The summed E-state index contributed by atoms with van der Waals surface area (Å²) < 4.78 is 4.68. The van der Waals surface area contributed by atoms with E-state index in [-0.39, 0.29) is 5.97 Å². The zero-order chi connectivity index (χ0) is 15.8. The number of carbonyl (C=O) groups is 1. The van der Waals surface area contributed by atoms with Crippen LogP contribution in [0.3, 0.4) is 0 Å². The Bertz CT molecular complexity index is 258. The van der Waals surface area contributed by atoms with Crippen LogP contribution in [-0.2, 0) is 9.53 Å². The first-order chi connectivity index (χ1) is 10.2. The molecule has 21 heavy (non-hydrogen) atoms. The number of carbonyl (C=O) groups excluding carboxylic acids is 1. The van der Waals surface area contributed by atoms with Gasteiger partial charge in [-0.05, 0) is 31.6 Å². The molecule has 0 saturated heterocycles. The van der Waals surface area contributed by atoms with Gasteiger partial charge in [0.25, 0.3) is 0 Å². The van der Waals surface area contributed by atoms with Crippen LogP contribution >= 0.6 is 0 Å². The van der Waals surface area contributed by atoms with Crippen LogP contribution in [0.25, 0.3) is 0 Å². The van der Waals surface area contributed by atoms with E-state index in [1.807, 2.05) is 0 Å². The quantitative estimate of drug-likeness (QED) is 0.221. The summed E-state index contributed by atoms with van der Waals surface area (Å²) in [6.07, 6.45) is 19.6. The van der Waals surface area contributed by atoms with Crippen LogP contribution in [0.4, 0.5) is 0 Å². The predicted molar refractivity (Wildman–Crippen MR) is 91.4 cm³/mol. The molecule has 0 radical (unpaired) electrons. The van der Waals surface area contributed by atoms with Gasteiger partial charge in [0.15, 0.2) is 0 Å². The molecule has 0 N–H and O–H groups in total. The van der Waals surface area contributed by atoms with Crippen molar-refractivity contribution >= 4 is 5.97 Å². The van der Waals surface area contributed by atoms with E-state index in [2.05, 4.69) is 30.7 Å². The number of allylic oxidation sites excluding steroid dienone is 2. The highest BCUT2D eigenvalue weighted by Crippen LogP contribution is 2.12. The van der Waals surface area contributed by atoms with Crippen molar-refractivity contribution in [1.82, 2.24) is 0 Å². The Balaban J connectivity index is 3.27. The highest BCUT2D eigenvalue weighted by molar-refractivity contribution is 5.69. The first-order valence-corrected chi connectivity index (χ1v) is 8.92. The number of unbranched alkanes of at least 4 members (excludes halogenated alkanes) is 8. The molecule has 0 aromatic heterocycles. The smallest absolute Gasteiger partial charge is 0.305 e. The number of rotatable bonds is 14. The molecular formula is C19H36O2. The number of esters is 1. The standard InChI is InChI=1S/C19H36O2/c1-4-5-6-7-8-9-10-11-12-13-14-15-16-18(2)17-19(20)21-3/h13-14,18H,4-12,15-17H2,1-3H3/t18-/m1/s1. The summed E-state index contributed by atoms with van der Waals surface area (Å²) in [5.41, 5.74) is 0. The molecule has 124 valence electrons. The third kappa shape index (κ3) is 15.4. The zero-order valence-corrected chi connectivity index (χ0v) is 14.5. The maximum Gasteiger partial charge on any atom is 0.305 e. The van der Waals surface area contributed by atoms with Gasteiger partial charge in [0.2, 0.25) is 0 Å². The normalized spacial score (nSPS) is 12.7. The lowest BCUT2D eigenvalue weighted by molar-refractivity contribution is -0.141. The molecule has 0 saturated carbocycles. The third-order valence-electron chi connectivity index (χ3n) is 3.96. The Morgan fingerprint density at radius 3 is 2.14 bits per heavy atom. The second-order valence-electron chi connectivity index (χ2n) is 6.20. The highest BCUT2D eigenvalue weighted by atomic mass is 16.5. The van der Waals surface area contributed by atoms with E-state index in [4.69, 9.17) is 0 Å². The van der Waals surface area contributed by atoms with Crippen LogP contribution in [0.2, 0.25) is 0 Å². The SMILES string of the molecule is CCCCCCCCCCC=CCC[C@@H](C)CC(=O)OC. The van der Waals surface area contributed by atoms with Crippen LogP contribution in [0.1, 0.15) is 90.9 Å². The van der Waals surface area contributed by atoms with Gasteiger partial charge in [0.1, 0.15) is 0 Å². The molecule has 0 aromatic carbocycles. The predicted octanol–water partition coefficient (Wildman–Crippen LogP) is 6.05. The number of methoxy groups -OCH3 is 1. The molecule has 0 fully saturated rings. The van der Waals surface area contributed by atoms with E-state index < -0.39 is 0 Å². The summed E-state index contributed by atoms with van der Waals surface area (Å²) in [5.74, 6) is 0.329. The first-order valence-electron chi connectivity index (χ1n) is 8.92. The Morgan fingerprint density at radius 1 is 0.952 bits per heavy atom. The molecule has 0 amide bonds. The summed E-state index contributed by atoms with van der Waals surface area (Å²) in [4.78, 5) is 11.1. The fourth-order valence-corrected chi connectivity index (χ4v) is 2.48. The van der Waals surface area contributed by atoms with Crippen LogP contribution in [0.5, 0.6) is 0 Å². The maximum atomic E-state index is 11.1. The van der Waals surface area contributed by atoms with Crippen molar-refractivity contribution in [1.29, 1.82) is 0 Å². The van der Waals surface area contributed by atoms with Crippen LogP contribution in [0, 0.1) is 5.92 Å².